The summed E-state index contributed by atoms with van der Waals surface area (Å²) >= 11 is 9.89. The normalized spacial score (nSPS) is 12.7. The molecule has 0 fully saturated rings. The van der Waals surface area contributed by atoms with Gasteiger partial charge in [0.2, 0.25) is 0 Å². The van der Waals surface area contributed by atoms with E-state index in [-0.39, 0.29) is 0 Å². The van der Waals surface area contributed by atoms with Crippen molar-refractivity contribution in [2.45, 2.75) is 58.9 Å². The molecule has 0 nitrogen and oxygen atoms in total. The minimum Gasteiger partial charge on any atom is -0.145 e. The van der Waals surface area contributed by atoms with Crippen LogP contribution in [0.3, 0.4) is 0 Å². The zero-order valence-electron chi connectivity index (χ0n) is 24.4. The molecule has 0 aromatic carbocycles. The second-order valence-electron chi connectivity index (χ2n) is 13.1. The van der Waals surface area contributed by atoms with Gasteiger partial charge >= 0.3 is 0 Å². The third-order valence-corrected chi connectivity index (χ3v) is 22.9. The van der Waals surface area contributed by atoms with E-state index in [1.165, 1.54) is 40.4 Å². The summed E-state index contributed by atoms with van der Waals surface area (Å²) in [6.45, 7) is 22.2. The van der Waals surface area contributed by atoms with Crippen LogP contribution in [0.4, 0.5) is 0 Å². The molecule has 0 atom stereocenters. The van der Waals surface area contributed by atoms with Crippen LogP contribution in [0.5, 0.6) is 0 Å². The van der Waals surface area contributed by atoms with Gasteiger partial charge < -0.3 is 0 Å². The van der Waals surface area contributed by atoms with Crippen LogP contribution < -0.4 is 13.5 Å². The molecular weight excluding hydrogens is 617 g/mol. The van der Waals surface area contributed by atoms with Crippen molar-refractivity contribution >= 4 is 106 Å². The van der Waals surface area contributed by atoms with E-state index in [0.717, 1.165) is 0 Å². The minimum absolute atomic E-state index is 1.36. The number of hydrogen-bond donors (Lipinski definition) is 0. The van der Waals surface area contributed by atoms with Gasteiger partial charge in [-0.1, -0.05) is 83.2 Å². The molecule has 5 aromatic rings. The average molecular weight is 655 g/mol. The number of hydrogen-bond acceptors (Lipinski definition) is 5. The largest absolute Gasteiger partial charge is 0.145 e. The van der Waals surface area contributed by atoms with Crippen LogP contribution in [0.25, 0.3) is 20.9 Å². The molecule has 204 valence electrons. The summed E-state index contributed by atoms with van der Waals surface area (Å²) in [7, 11) is -4.24. The van der Waals surface area contributed by atoms with E-state index >= 15 is 0 Å². The molecule has 0 saturated carbocycles. The molecule has 0 aliphatic rings. The summed E-state index contributed by atoms with van der Waals surface area (Å²) in [5.41, 5.74) is 2.85. The van der Waals surface area contributed by atoms with Gasteiger partial charge in [-0.15, -0.1) is 56.7 Å². The van der Waals surface area contributed by atoms with Crippen molar-refractivity contribution in [1.29, 1.82) is 0 Å². The van der Waals surface area contributed by atoms with Crippen molar-refractivity contribution in [2.75, 3.05) is 0 Å². The summed E-state index contributed by atoms with van der Waals surface area (Å²) in [4.78, 5) is 8.34. The lowest BCUT2D eigenvalue weighted by Crippen LogP contribution is -2.34. The van der Waals surface area contributed by atoms with Gasteiger partial charge in [0.15, 0.2) is 0 Å². The van der Waals surface area contributed by atoms with Gasteiger partial charge in [-0.3, -0.25) is 0 Å². The van der Waals surface area contributed by atoms with Crippen molar-refractivity contribution < 1.29 is 0 Å². The van der Waals surface area contributed by atoms with Crippen LogP contribution in [-0.2, 0) is 0 Å². The van der Waals surface area contributed by atoms with E-state index in [0.29, 0.717) is 0 Å². The highest BCUT2D eigenvalue weighted by molar-refractivity contribution is 7.30. The first kappa shape index (κ1) is 29.4. The van der Waals surface area contributed by atoms with E-state index in [2.05, 4.69) is 125 Å². The fourth-order valence-electron chi connectivity index (χ4n) is 4.39. The lowest BCUT2D eigenvalue weighted by molar-refractivity contribution is 1.73. The quantitative estimate of drug-likeness (QED) is 0.146. The highest BCUT2D eigenvalue weighted by atomic mass is 32.1. The Bertz CT molecular complexity index is 1550. The molecule has 5 heterocycles. The molecule has 0 aliphatic heterocycles. The van der Waals surface area contributed by atoms with Crippen molar-refractivity contribution in [2.24, 2.45) is 0 Å². The fraction of sp³-hybridized carbons (Fsp3) is 0.290. The standard InChI is InChI=1S/C31H38S5Si3/c1-37(2,3)27-17-14-24(34-27)30(23-13-12-22(33-23)21-11-10-20-32-21)31(25-15-18-28(35-25)38(4,5)6)26-16-19-29(36-26)39(7,8)9/h10-20H,1-9H3. The van der Waals surface area contributed by atoms with Gasteiger partial charge in [-0.2, -0.15) is 0 Å². The molecule has 5 aromatic heterocycles. The Kier molecular flexibility index (Phi) is 8.25. The first-order chi connectivity index (χ1) is 18.2. The van der Waals surface area contributed by atoms with Gasteiger partial charge in [0.1, 0.15) is 0 Å². The first-order valence-electron chi connectivity index (χ1n) is 13.4. The van der Waals surface area contributed by atoms with Crippen molar-refractivity contribution in [3.05, 3.63) is 85.6 Å². The Labute approximate surface area is 257 Å². The van der Waals surface area contributed by atoms with Crippen molar-refractivity contribution in [1.82, 2.24) is 0 Å². The van der Waals surface area contributed by atoms with E-state index in [9.17, 15) is 0 Å². The Balaban J connectivity index is 1.82. The highest BCUT2D eigenvalue weighted by Gasteiger charge is 2.28. The second kappa shape index (κ2) is 10.9. The molecule has 0 radical (unpaired) electrons. The van der Waals surface area contributed by atoms with Crippen LogP contribution in [0.1, 0.15) is 19.5 Å². The maximum Gasteiger partial charge on any atom is 0.0904 e. The SMILES string of the molecule is C[Si](C)(C)c1ccc(C(=C(c2ccc([Si](C)(C)C)s2)c2ccc([Si](C)(C)C)s2)c2ccc(-c3cccs3)s2)s1. The maximum atomic E-state index is 2.47. The maximum absolute atomic E-state index is 2.47. The molecule has 8 heteroatoms. The second-order valence-corrected chi connectivity index (χ2v) is 34.6. The molecule has 5 rings (SSSR count). The Morgan fingerprint density at radius 2 is 0.821 bits per heavy atom. The van der Waals surface area contributed by atoms with Crippen LogP contribution >= 0.6 is 56.7 Å². The molecule has 39 heavy (non-hydrogen) atoms. The van der Waals surface area contributed by atoms with Crippen LogP contribution in [0, 0.1) is 0 Å². The first-order valence-corrected chi connectivity index (χ1v) is 28.1. The van der Waals surface area contributed by atoms with Gasteiger partial charge in [0.25, 0.3) is 0 Å². The zero-order valence-corrected chi connectivity index (χ0v) is 31.5. The highest BCUT2D eigenvalue weighted by Crippen LogP contribution is 2.45. The summed E-state index contributed by atoms with van der Waals surface area (Å²) in [6.07, 6.45) is 0. The zero-order chi connectivity index (χ0) is 28.2. The molecule has 0 amide bonds. The van der Waals surface area contributed by atoms with E-state index < -0.39 is 24.2 Å². The average Bonchev–Trinajstić information content (AvgIpc) is 3.66. The summed E-state index contributed by atoms with van der Waals surface area (Å²) < 4.78 is 4.74. The lowest BCUT2D eigenvalue weighted by Gasteiger charge is -2.16. The van der Waals surface area contributed by atoms with Crippen LogP contribution in [-0.4, -0.2) is 24.2 Å². The Morgan fingerprint density at radius 3 is 1.15 bits per heavy atom. The van der Waals surface area contributed by atoms with Crippen LogP contribution in [0.15, 0.2) is 66.0 Å². The van der Waals surface area contributed by atoms with E-state index in [1.54, 1.807) is 13.5 Å². The third kappa shape index (κ3) is 6.38. The molecule has 0 spiro atoms. The molecule has 0 N–H and O–H groups in total. The number of rotatable bonds is 8. The summed E-state index contributed by atoms with van der Waals surface area (Å²) in [6, 6.07) is 23.6. The van der Waals surface area contributed by atoms with E-state index in [1.807, 2.05) is 56.7 Å². The lowest BCUT2D eigenvalue weighted by atomic mass is 10.0. The minimum atomic E-state index is -1.42. The molecule has 0 bridgehead atoms. The Morgan fingerprint density at radius 1 is 0.436 bits per heavy atom. The van der Waals surface area contributed by atoms with Gasteiger partial charge in [0.05, 0.1) is 24.2 Å². The monoisotopic (exact) mass is 654 g/mol. The molecule has 0 unspecified atom stereocenters. The summed E-state index contributed by atoms with van der Waals surface area (Å²) in [5.74, 6) is 0. The molecular formula is C31H38S5Si3. The van der Waals surface area contributed by atoms with Crippen molar-refractivity contribution in [3.8, 4) is 9.75 Å². The molecule has 0 saturated heterocycles. The fourth-order valence-corrected chi connectivity index (χ4v) is 15.3. The topological polar surface area (TPSA) is 0 Å². The summed E-state index contributed by atoms with van der Waals surface area (Å²) in [5, 5.41) is 2.18. The van der Waals surface area contributed by atoms with Gasteiger partial charge in [-0.25, -0.2) is 0 Å². The molecule has 0 aliphatic carbocycles. The van der Waals surface area contributed by atoms with Gasteiger partial charge in [-0.05, 0) is 55.3 Å². The predicted octanol–water partition coefficient (Wildman–Crippen LogP) is 10.3. The van der Waals surface area contributed by atoms with Gasteiger partial charge in [0, 0.05) is 40.4 Å². The van der Waals surface area contributed by atoms with Crippen molar-refractivity contribution in [3.63, 3.8) is 0 Å². The predicted molar refractivity (Wildman–Crippen MR) is 195 cm³/mol. The van der Waals surface area contributed by atoms with Crippen LogP contribution in [0.2, 0.25) is 58.9 Å². The van der Waals surface area contributed by atoms with E-state index in [4.69, 9.17) is 0 Å². The smallest absolute Gasteiger partial charge is 0.0904 e. The third-order valence-electron chi connectivity index (χ3n) is 6.64. The Hall–Kier alpha value is -1.11. The number of thiophene rings is 5.